The first-order valence-electron chi connectivity index (χ1n) is 5.09. The predicted octanol–water partition coefficient (Wildman–Crippen LogP) is 3.12. The Morgan fingerprint density at radius 3 is 2.38 bits per heavy atom. The van der Waals surface area contributed by atoms with Crippen LogP contribution in [0.25, 0.3) is 12.2 Å². The molecule has 16 heavy (non-hydrogen) atoms. The van der Waals surface area contributed by atoms with Crippen LogP contribution < -0.4 is 5.63 Å². The van der Waals surface area contributed by atoms with E-state index in [9.17, 15) is 4.79 Å². The summed E-state index contributed by atoms with van der Waals surface area (Å²) in [6.45, 7) is 1.77. The van der Waals surface area contributed by atoms with E-state index in [1.54, 1.807) is 6.92 Å². The van der Waals surface area contributed by atoms with E-state index in [0.29, 0.717) is 5.76 Å². The van der Waals surface area contributed by atoms with E-state index in [4.69, 9.17) is 4.42 Å². The second-order valence-electron chi connectivity index (χ2n) is 3.56. The van der Waals surface area contributed by atoms with Gasteiger partial charge in [0, 0.05) is 6.07 Å². The molecule has 1 heterocycles. The van der Waals surface area contributed by atoms with Gasteiger partial charge in [-0.3, -0.25) is 0 Å². The molecular formula is C14H12O2. The van der Waals surface area contributed by atoms with Crippen molar-refractivity contribution in [2.24, 2.45) is 0 Å². The fraction of sp³-hybridized carbons (Fsp3) is 0.0714. The van der Waals surface area contributed by atoms with Crippen molar-refractivity contribution in [1.29, 1.82) is 0 Å². The number of aryl methyl sites for hydroxylation is 1. The van der Waals surface area contributed by atoms with E-state index in [1.807, 2.05) is 48.6 Å². The highest BCUT2D eigenvalue weighted by Crippen LogP contribution is 2.07. The molecule has 0 N–H and O–H groups in total. The summed E-state index contributed by atoms with van der Waals surface area (Å²) < 4.78 is 4.88. The lowest BCUT2D eigenvalue weighted by molar-refractivity contribution is 0.480. The Morgan fingerprint density at radius 2 is 1.69 bits per heavy atom. The minimum Gasteiger partial charge on any atom is -0.428 e. The van der Waals surface area contributed by atoms with Crippen molar-refractivity contribution in [3.8, 4) is 0 Å². The summed E-state index contributed by atoms with van der Waals surface area (Å²) in [6, 6.07) is 13.3. The second kappa shape index (κ2) is 4.62. The lowest BCUT2D eigenvalue weighted by Crippen LogP contribution is -1.97. The van der Waals surface area contributed by atoms with Crippen LogP contribution in [0.4, 0.5) is 0 Å². The van der Waals surface area contributed by atoms with Crippen molar-refractivity contribution in [2.75, 3.05) is 0 Å². The van der Waals surface area contributed by atoms with Crippen molar-refractivity contribution < 1.29 is 4.42 Å². The van der Waals surface area contributed by atoms with Gasteiger partial charge in [0.1, 0.15) is 5.76 Å². The Bertz CT molecular complexity index is 550. The zero-order valence-electron chi connectivity index (χ0n) is 9.01. The summed E-state index contributed by atoms with van der Waals surface area (Å²) >= 11 is 0. The van der Waals surface area contributed by atoms with Crippen LogP contribution in [0.3, 0.4) is 0 Å². The molecule has 2 rings (SSSR count). The lowest BCUT2D eigenvalue weighted by atomic mass is 10.1. The standard InChI is InChI=1S/C14H12O2/c1-11-9-13(10-14(15)16-11)8-7-12-5-3-2-4-6-12/h2-10H,1H3/b8-7-. The van der Waals surface area contributed by atoms with Gasteiger partial charge in [-0.1, -0.05) is 42.5 Å². The van der Waals surface area contributed by atoms with Crippen LogP contribution in [0.15, 0.2) is 51.7 Å². The first kappa shape index (κ1) is 10.4. The second-order valence-corrected chi connectivity index (χ2v) is 3.56. The molecule has 0 amide bonds. The number of hydrogen-bond donors (Lipinski definition) is 0. The van der Waals surface area contributed by atoms with E-state index in [0.717, 1.165) is 11.1 Å². The van der Waals surface area contributed by atoms with Crippen LogP contribution in [0.1, 0.15) is 16.9 Å². The van der Waals surface area contributed by atoms with Gasteiger partial charge in [-0.2, -0.15) is 0 Å². The van der Waals surface area contributed by atoms with Crippen molar-refractivity contribution in [3.63, 3.8) is 0 Å². The molecule has 0 radical (unpaired) electrons. The maximum atomic E-state index is 11.1. The summed E-state index contributed by atoms with van der Waals surface area (Å²) in [7, 11) is 0. The molecular weight excluding hydrogens is 200 g/mol. The van der Waals surface area contributed by atoms with Gasteiger partial charge in [0.05, 0.1) is 0 Å². The average Bonchev–Trinajstić information content (AvgIpc) is 2.27. The maximum absolute atomic E-state index is 11.1. The van der Waals surface area contributed by atoms with Gasteiger partial charge in [-0.25, -0.2) is 4.79 Å². The highest BCUT2D eigenvalue weighted by Gasteiger charge is 1.94. The van der Waals surface area contributed by atoms with Crippen LogP contribution in [-0.4, -0.2) is 0 Å². The van der Waals surface area contributed by atoms with Crippen LogP contribution >= 0.6 is 0 Å². The summed E-state index contributed by atoms with van der Waals surface area (Å²) in [5.74, 6) is 0.625. The Labute approximate surface area is 93.9 Å². The molecule has 0 unspecified atom stereocenters. The van der Waals surface area contributed by atoms with Crippen molar-refractivity contribution >= 4 is 12.2 Å². The van der Waals surface area contributed by atoms with Gasteiger partial charge < -0.3 is 4.42 Å². The zero-order valence-corrected chi connectivity index (χ0v) is 9.01. The largest absolute Gasteiger partial charge is 0.428 e. The smallest absolute Gasteiger partial charge is 0.336 e. The predicted molar refractivity (Wildman–Crippen MR) is 65.1 cm³/mol. The molecule has 0 fully saturated rings. The normalized spacial score (nSPS) is 10.8. The molecule has 2 heteroatoms. The van der Waals surface area contributed by atoms with Crippen molar-refractivity contribution in [3.05, 3.63) is 69.8 Å². The Morgan fingerprint density at radius 1 is 1.00 bits per heavy atom. The van der Waals surface area contributed by atoms with E-state index < -0.39 is 0 Å². The van der Waals surface area contributed by atoms with Gasteiger partial charge in [0.2, 0.25) is 0 Å². The minimum atomic E-state index is -0.312. The highest BCUT2D eigenvalue weighted by molar-refractivity contribution is 5.69. The summed E-state index contributed by atoms with van der Waals surface area (Å²) in [5, 5.41) is 0. The molecule has 0 atom stereocenters. The van der Waals surface area contributed by atoms with Gasteiger partial charge in [0.25, 0.3) is 0 Å². The molecule has 0 aliphatic rings. The first-order chi connectivity index (χ1) is 7.74. The third kappa shape index (κ3) is 2.70. The maximum Gasteiger partial charge on any atom is 0.336 e. The third-order valence-electron chi connectivity index (χ3n) is 2.18. The van der Waals surface area contributed by atoms with E-state index in [1.165, 1.54) is 6.07 Å². The summed E-state index contributed by atoms with van der Waals surface area (Å²) in [6.07, 6.45) is 3.87. The molecule has 0 spiro atoms. The number of hydrogen-bond acceptors (Lipinski definition) is 2. The topological polar surface area (TPSA) is 30.2 Å². The fourth-order valence-electron chi connectivity index (χ4n) is 1.48. The number of benzene rings is 1. The third-order valence-corrected chi connectivity index (χ3v) is 2.18. The Hall–Kier alpha value is -2.09. The zero-order chi connectivity index (χ0) is 11.4. The lowest BCUT2D eigenvalue weighted by Gasteiger charge is -1.95. The molecule has 2 nitrogen and oxygen atoms in total. The average molecular weight is 212 g/mol. The fourth-order valence-corrected chi connectivity index (χ4v) is 1.48. The van der Waals surface area contributed by atoms with Crippen LogP contribution in [0.5, 0.6) is 0 Å². The SMILES string of the molecule is Cc1cc(/C=C\c2ccccc2)cc(=O)o1. The summed E-state index contributed by atoms with van der Waals surface area (Å²) in [5.41, 5.74) is 1.65. The molecule has 0 aliphatic carbocycles. The Balaban J connectivity index is 2.27. The van der Waals surface area contributed by atoms with E-state index in [-0.39, 0.29) is 5.63 Å². The molecule has 2 aromatic rings. The van der Waals surface area contributed by atoms with Gasteiger partial charge in [-0.15, -0.1) is 0 Å². The Kier molecular flexibility index (Phi) is 3.01. The molecule has 1 aromatic heterocycles. The van der Waals surface area contributed by atoms with Crippen LogP contribution in [-0.2, 0) is 0 Å². The van der Waals surface area contributed by atoms with Crippen LogP contribution in [0, 0.1) is 6.92 Å². The van der Waals surface area contributed by atoms with Gasteiger partial charge >= 0.3 is 5.63 Å². The molecule has 1 aromatic carbocycles. The molecule has 0 saturated heterocycles. The minimum absolute atomic E-state index is 0.312. The first-order valence-corrected chi connectivity index (χ1v) is 5.09. The molecule has 0 saturated carbocycles. The monoisotopic (exact) mass is 212 g/mol. The highest BCUT2D eigenvalue weighted by atomic mass is 16.4. The van der Waals surface area contributed by atoms with Gasteiger partial charge in [-0.05, 0) is 24.1 Å². The quantitative estimate of drug-likeness (QED) is 0.765. The number of rotatable bonds is 2. The van der Waals surface area contributed by atoms with E-state index in [2.05, 4.69) is 0 Å². The van der Waals surface area contributed by atoms with Crippen LogP contribution in [0.2, 0.25) is 0 Å². The van der Waals surface area contributed by atoms with E-state index >= 15 is 0 Å². The van der Waals surface area contributed by atoms with Crippen molar-refractivity contribution in [1.82, 2.24) is 0 Å². The molecule has 0 aliphatic heterocycles. The van der Waals surface area contributed by atoms with Gasteiger partial charge in [0.15, 0.2) is 0 Å². The molecule has 80 valence electrons. The molecule has 0 bridgehead atoms. The van der Waals surface area contributed by atoms with Crippen molar-refractivity contribution in [2.45, 2.75) is 6.92 Å². The summed E-state index contributed by atoms with van der Waals surface area (Å²) in [4.78, 5) is 11.1.